The second kappa shape index (κ2) is 33.9. The average Bonchev–Trinajstić information content (AvgIpc) is 2.12. The molecule has 10 nitrogen and oxygen atoms in total. The number of carbonyl (C=O) groups is 3. The van der Waals surface area contributed by atoms with E-state index in [1.54, 1.807) is 12.1 Å². The van der Waals surface area contributed by atoms with Crippen LogP contribution in [0.25, 0.3) is 0 Å². The highest BCUT2D eigenvalue weighted by atomic mass is 17.2. The third-order valence-corrected chi connectivity index (χ3v) is 20.9. The molecule has 4 aliphatic carbocycles. The maximum atomic E-state index is 13.7. The third-order valence-electron chi connectivity index (χ3n) is 20.9. The molecule has 4 saturated carbocycles. The van der Waals surface area contributed by atoms with E-state index in [1.807, 2.05) is 97.1 Å². The molecule has 0 aromatic heterocycles. The molecule has 486 valence electrons. The lowest BCUT2D eigenvalue weighted by Gasteiger charge is -2.28. The van der Waals surface area contributed by atoms with E-state index in [0.717, 1.165) is 78.1 Å². The molecule has 10 heteroatoms. The molecule has 91 heavy (non-hydrogen) atoms. The van der Waals surface area contributed by atoms with E-state index in [9.17, 15) is 14.4 Å². The van der Waals surface area contributed by atoms with E-state index < -0.39 is 30.1 Å². The van der Waals surface area contributed by atoms with Gasteiger partial charge in [0.05, 0.1) is 36.0 Å². The number of carbonyl (C=O) groups excluding carboxylic acids is 2. The van der Waals surface area contributed by atoms with Gasteiger partial charge >= 0.3 is 17.9 Å². The van der Waals surface area contributed by atoms with Gasteiger partial charge in [-0.25, -0.2) is 24.2 Å². The molecule has 0 spiro atoms. The number of carboxylic acids is 1. The predicted octanol–water partition coefficient (Wildman–Crippen LogP) is 19.0. The molecule has 2 heterocycles. The van der Waals surface area contributed by atoms with Gasteiger partial charge in [-0.05, 0) is 200 Å². The van der Waals surface area contributed by atoms with Crippen molar-refractivity contribution in [2.24, 2.45) is 53.3 Å². The van der Waals surface area contributed by atoms with Crippen LogP contribution in [0.4, 0.5) is 0 Å². The quantitative estimate of drug-likeness (QED) is 0.0448. The van der Waals surface area contributed by atoms with Crippen LogP contribution in [0.1, 0.15) is 220 Å². The molecule has 0 radical (unpaired) electrons. The summed E-state index contributed by atoms with van der Waals surface area (Å²) in [6.07, 6.45) is 23.9. The first-order valence-electron chi connectivity index (χ1n) is 34.9. The Morgan fingerprint density at radius 2 is 0.714 bits per heavy atom. The maximum Gasteiger partial charge on any atom is 0.338 e. The number of benzene rings is 6. The van der Waals surface area contributed by atoms with Gasteiger partial charge in [-0.15, -0.1) is 0 Å². The van der Waals surface area contributed by atoms with Crippen LogP contribution >= 0.6 is 0 Å². The summed E-state index contributed by atoms with van der Waals surface area (Å²) in [7, 11) is 0. The van der Waals surface area contributed by atoms with Crippen LogP contribution in [0.5, 0.6) is 0 Å². The van der Waals surface area contributed by atoms with Gasteiger partial charge in [0.1, 0.15) is 18.8 Å². The summed E-state index contributed by atoms with van der Waals surface area (Å²) >= 11 is 0. The molecule has 6 aromatic rings. The maximum absolute atomic E-state index is 13.7. The largest absolute Gasteiger partial charge is 0.478 e. The summed E-state index contributed by atoms with van der Waals surface area (Å²) in [5.74, 6) is 5.25. The van der Waals surface area contributed by atoms with Gasteiger partial charge in [0.15, 0.2) is 12.2 Å². The summed E-state index contributed by atoms with van der Waals surface area (Å²) in [5, 5.41) is 8.83. The highest BCUT2D eigenvalue weighted by Gasteiger charge is 2.47. The molecule has 6 aromatic carbocycles. The van der Waals surface area contributed by atoms with Gasteiger partial charge < -0.3 is 24.1 Å². The standard InChI is InChI=1S/C44H50O4.C22H32O4.C15H20O2/c1-31-13-17-33(18-14-31)29-35-21-25-39(26-22-35)43(45)47-41(37-9-5-3-6-10-37)42(38-11-7-4-8-12-38)48-44(46)40-27-23-36(24-28-40)30-34-19-15-32(2)16-20-34;1-15-3-5-17(6-4-15)11-18-7-9-19(10-8-18)13-25-26-20-14-24-21-16(2)12-23-22(20)21;1-11-2-4-12(5-3-11)10-13-6-8-14(9-7-13)15(16)17/h3-12,21-28,31-34,41-42H,13-20,29-30H2,1-2H3;7-10,15-17,20-22H,3-6,11-14H2,1-2H3;6-9,11-12H,2-5,10H2,1H3,(H,16,17)/t31?,32?,33?,34?,41-,42-;15?,16-,17?,20+,21-,22-;/m11./s1. The van der Waals surface area contributed by atoms with Crippen molar-refractivity contribution < 1.29 is 48.2 Å². The number of aromatic carboxylic acids is 1. The molecule has 2 saturated heterocycles. The zero-order valence-electron chi connectivity index (χ0n) is 55.0. The Hall–Kier alpha value is -6.43. The molecule has 0 bridgehead atoms. The van der Waals surface area contributed by atoms with Crippen molar-refractivity contribution in [1.82, 2.24) is 0 Å². The Balaban J connectivity index is 0.000000175. The van der Waals surface area contributed by atoms with E-state index in [0.29, 0.717) is 47.7 Å². The number of rotatable bonds is 20. The zero-order chi connectivity index (χ0) is 63.5. The molecule has 6 fully saturated rings. The Labute approximate surface area is 543 Å². The van der Waals surface area contributed by atoms with Crippen molar-refractivity contribution in [2.45, 2.75) is 200 Å². The number of hydrogen-bond donors (Lipinski definition) is 1. The van der Waals surface area contributed by atoms with Crippen LogP contribution in [0.15, 0.2) is 158 Å². The van der Waals surface area contributed by atoms with E-state index in [-0.39, 0.29) is 18.3 Å². The van der Waals surface area contributed by atoms with Crippen molar-refractivity contribution in [1.29, 1.82) is 0 Å². The van der Waals surface area contributed by atoms with Crippen LogP contribution in [0.3, 0.4) is 0 Å². The summed E-state index contributed by atoms with van der Waals surface area (Å²) < 4.78 is 24.1. The van der Waals surface area contributed by atoms with Gasteiger partial charge in [-0.2, -0.15) is 0 Å². The van der Waals surface area contributed by atoms with Crippen LogP contribution in [0, 0.1) is 53.3 Å². The molecule has 12 rings (SSSR count). The fourth-order valence-electron chi connectivity index (χ4n) is 14.8. The molecular formula is C81H102O10. The second-order valence-corrected chi connectivity index (χ2v) is 28.5. The molecule has 0 amide bonds. The van der Waals surface area contributed by atoms with Gasteiger partial charge in [0, 0.05) is 5.92 Å². The number of esters is 2. The van der Waals surface area contributed by atoms with Gasteiger partial charge in [0.2, 0.25) is 0 Å². The van der Waals surface area contributed by atoms with Crippen LogP contribution in [-0.2, 0) is 61.0 Å². The zero-order valence-corrected chi connectivity index (χ0v) is 55.0. The monoisotopic (exact) mass is 1230 g/mol. The lowest BCUT2D eigenvalue weighted by Crippen LogP contribution is -2.31. The van der Waals surface area contributed by atoms with E-state index in [2.05, 4.69) is 83.1 Å². The van der Waals surface area contributed by atoms with Gasteiger partial charge in [0.25, 0.3) is 0 Å². The highest BCUT2D eigenvalue weighted by molar-refractivity contribution is 5.91. The Kier molecular flexibility index (Phi) is 25.2. The number of hydrogen-bond acceptors (Lipinski definition) is 9. The summed E-state index contributed by atoms with van der Waals surface area (Å²) in [6.45, 7) is 13.3. The molecule has 6 atom stereocenters. The van der Waals surface area contributed by atoms with E-state index in [4.69, 9.17) is 33.8 Å². The number of carboxylic acid groups (broad SMARTS) is 1. The van der Waals surface area contributed by atoms with Crippen molar-refractivity contribution in [3.63, 3.8) is 0 Å². The molecule has 6 aliphatic rings. The van der Waals surface area contributed by atoms with Crippen molar-refractivity contribution in [2.75, 3.05) is 13.2 Å². The minimum Gasteiger partial charge on any atom is -0.478 e. The topological polar surface area (TPSA) is 127 Å². The first-order chi connectivity index (χ1) is 44.2. The van der Waals surface area contributed by atoms with E-state index >= 15 is 0 Å². The second-order valence-electron chi connectivity index (χ2n) is 28.5. The normalized spacial score (nSPS) is 26.9. The summed E-state index contributed by atoms with van der Waals surface area (Å²) in [5.41, 5.74) is 9.22. The van der Waals surface area contributed by atoms with Crippen LogP contribution in [0.2, 0.25) is 0 Å². The summed E-state index contributed by atoms with van der Waals surface area (Å²) in [4.78, 5) is 49.2. The molecule has 2 aliphatic heterocycles. The Morgan fingerprint density at radius 3 is 1.07 bits per heavy atom. The first kappa shape index (κ1) is 67.5. The fraction of sp³-hybridized carbons (Fsp3) is 0.519. The lowest BCUT2D eigenvalue weighted by molar-refractivity contribution is -0.341. The average molecular weight is 1240 g/mol. The smallest absolute Gasteiger partial charge is 0.338 e. The fourth-order valence-corrected chi connectivity index (χ4v) is 14.8. The summed E-state index contributed by atoms with van der Waals surface area (Å²) in [6, 6.07) is 51.0. The van der Waals surface area contributed by atoms with Gasteiger partial charge in [-0.1, -0.05) is 207 Å². The van der Waals surface area contributed by atoms with E-state index in [1.165, 1.54) is 131 Å². The number of fused-ring (bicyclic) bond motifs is 1. The third kappa shape index (κ3) is 20.3. The van der Waals surface area contributed by atoms with Crippen LogP contribution < -0.4 is 0 Å². The minimum absolute atomic E-state index is 0.0191. The Morgan fingerprint density at radius 1 is 0.396 bits per heavy atom. The minimum atomic E-state index is -0.845. The SMILES string of the molecule is CC1CCC(Cc2ccc(C(=O)O)cc2)CC1.CC1CCC(Cc2ccc(C(=O)O[C@H](c3ccccc3)[C@H](OC(=O)c3ccc(CC4CCC(C)CC4)cc3)c3ccccc3)cc2)CC1.CC1CCC(Cc2ccc(COO[C@H]3CO[C@H]4[C@@H]3OC[C@H]4C)cc2)CC1. The highest BCUT2D eigenvalue weighted by Crippen LogP contribution is 2.39. The lowest BCUT2D eigenvalue weighted by atomic mass is 9.80. The molecular weight excluding hydrogens is 1130 g/mol. The molecule has 1 N–H and O–H groups in total. The first-order valence-corrected chi connectivity index (χ1v) is 34.9. The van der Waals surface area contributed by atoms with Crippen molar-refractivity contribution in [3.8, 4) is 0 Å². The van der Waals surface area contributed by atoms with Crippen molar-refractivity contribution in [3.05, 3.63) is 213 Å². The predicted molar refractivity (Wildman–Crippen MR) is 360 cm³/mol. The van der Waals surface area contributed by atoms with Gasteiger partial charge in [-0.3, -0.25) is 0 Å². The Bertz CT molecular complexity index is 2990. The van der Waals surface area contributed by atoms with Crippen LogP contribution in [-0.4, -0.2) is 54.5 Å². The molecule has 0 unspecified atom stereocenters. The van der Waals surface area contributed by atoms with Crippen molar-refractivity contribution >= 4 is 17.9 Å². The number of ether oxygens (including phenoxy) is 4.